The summed E-state index contributed by atoms with van der Waals surface area (Å²) in [6.45, 7) is -1.83. The molecule has 1 saturated carbocycles. The first-order chi connectivity index (χ1) is 13.2. The maximum Gasteiger partial charge on any atom is 0.387 e. The SMILES string of the molecule is FC(F)Oc1ccc(Cn2ccc(-c3ccccc3)n2)cc1OCC1CC1. The Bertz CT molecular complexity index is 892. The van der Waals surface area contributed by atoms with Gasteiger partial charge in [-0.05, 0) is 42.5 Å². The Morgan fingerprint density at radius 2 is 1.85 bits per heavy atom. The van der Waals surface area contributed by atoms with Crippen molar-refractivity contribution in [1.82, 2.24) is 9.78 Å². The van der Waals surface area contributed by atoms with E-state index in [4.69, 9.17) is 4.74 Å². The highest BCUT2D eigenvalue weighted by Gasteiger charge is 2.23. The van der Waals surface area contributed by atoms with E-state index in [1.54, 1.807) is 12.1 Å². The third-order valence-corrected chi connectivity index (χ3v) is 4.45. The van der Waals surface area contributed by atoms with E-state index in [1.807, 2.05) is 47.3 Å². The summed E-state index contributed by atoms with van der Waals surface area (Å²) < 4.78 is 37.4. The molecule has 4 nitrogen and oxygen atoms in total. The van der Waals surface area contributed by atoms with Crippen LogP contribution in [0, 0.1) is 5.92 Å². The van der Waals surface area contributed by atoms with Crippen LogP contribution in [0.2, 0.25) is 0 Å². The molecule has 0 aliphatic heterocycles. The summed E-state index contributed by atoms with van der Waals surface area (Å²) in [5.74, 6) is 0.947. The number of hydrogen-bond donors (Lipinski definition) is 0. The third-order valence-electron chi connectivity index (χ3n) is 4.45. The maximum atomic E-state index is 12.6. The molecule has 4 rings (SSSR count). The minimum absolute atomic E-state index is 0.0693. The summed E-state index contributed by atoms with van der Waals surface area (Å²) in [4.78, 5) is 0. The Hall–Kier alpha value is -2.89. The summed E-state index contributed by atoms with van der Waals surface area (Å²) in [6, 6.07) is 16.9. The molecule has 0 saturated heterocycles. The monoisotopic (exact) mass is 370 g/mol. The van der Waals surface area contributed by atoms with Crippen molar-refractivity contribution < 1.29 is 18.3 Å². The van der Waals surface area contributed by atoms with Crippen LogP contribution < -0.4 is 9.47 Å². The molecule has 1 heterocycles. The standard InChI is InChI=1S/C21H20F2N2O2/c22-21(23)27-19-9-8-16(12-20(19)26-14-15-6-7-15)13-25-11-10-18(24-25)17-4-2-1-3-5-17/h1-5,8-12,15,21H,6-7,13-14H2. The van der Waals surface area contributed by atoms with Crippen LogP contribution in [0.5, 0.6) is 11.5 Å². The molecule has 0 bridgehead atoms. The Kier molecular flexibility index (Phi) is 5.05. The van der Waals surface area contributed by atoms with Crippen LogP contribution in [-0.4, -0.2) is 23.0 Å². The summed E-state index contributed by atoms with van der Waals surface area (Å²) in [6.07, 6.45) is 4.15. The average Bonchev–Trinajstić information content (AvgIpc) is 3.39. The van der Waals surface area contributed by atoms with Crippen molar-refractivity contribution in [2.24, 2.45) is 5.92 Å². The van der Waals surface area contributed by atoms with Crippen molar-refractivity contribution in [2.45, 2.75) is 26.0 Å². The Morgan fingerprint density at radius 1 is 1.04 bits per heavy atom. The molecule has 1 aromatic heterocycles. The first kappa shape index (κ1) is 17.5. The smallest absolute Gasteiger partial charge is 0.387 e. The van der Waals surface area contributed by atoms with Gasteiger partial charge in [0.1, 0.15) is 0 Å². The summed E-state index contributed by atoms with van der Waals surface area (Å²) >= 11 is 0. The van der Waals surface area contributed by atoms with E-state index >= 15 is 0 Å². The van der Waals surface area contributed by atoms with Gasteiger partial charge in [0.15, 0.2) is 11.5 Å². The lowest BCUT2D eigenvalue weighted by Crippen LogP contribution is -2.07. The van der Waals surface area contributed by atoms with E-state index in [9.17, 15) is 8.78 Å². The zero-order chi connectivity index (χ0) is 18.6. The van der Waals surface area contributed by atoms with Crippen molar-refractivity contribution in [1.29, 1.82) is 0 Å². The molecule has 0 N–H and O–H groups in total. The molecule has 0 radical (unpaired) electrons. The van der Waals surface area contributed by atoms with Crippen molar-refractivity contribution in [3.63, 3.8) is 0 Å². The second kappa shape index (κ2) is 7.78. The quantitative estimate of drug-likeness (QED) is 0.561. The van der Waals surface area contributed by atoms with E-state index in [-0.39, 0.29) is 5.75 Å². The molecule has 0 unspecified atom stereocenters. The van der Waals surface area contributed by atoms with Crippen molar-refractivity contribution >= 4 is 0 Å². The molecule has 0 spiro atoms. The molecule has 3 aromatic rings. The van der Waals surface area contributed by atoms with Gasteiger partial charge >= 0.3 is 6.61 Å². The van der Waals surface area contributed by atoms with Crippen LogP contribution in [0.15, 0.2) is 60.8 Å². The summed E-state index contributed by atoms with van der Waals surface area (Å²) in [7, 11) is 0. The number of alkyl halides is 2. The maximum absolute atomic E-state index is 12.6. The highest BCUT2D eigenvalue weighted by atomic mass is 19.3. The molecule has 6 heteroatoms. The fraction of sp³-hybridized carbons (Fsp3) is 0.286. The van der Waals surface area contributed by atoms with Gasteiger partial charge in [-0.1, -0.05) is 36.4 Å². The predicted molar refractivity (Wildman–Crippen MR) is 98.1 cm³/mol. The Morgan fingerprint density at radius 3 is 2.59 bits per heavy atom. The van der Waals surface area contributed by atoms with Gasteiger partial charge in [-0.25, -0.2) is 0 Å². The van der Waals surface area contributed by atoms with Gasteiger partial charge in [-0.3, -0.25) is 4.68 Å². The van der Waals surface area contributed by atoms with Crippen LogP contribution in [0.3, 0.4) is 0 Å². The number of ether oxygens (including phenoxy) is 2. The normalized spacial score (nSPS) is 13.7. The summed E-state index contributed by atoms with van der Waals surface area (Å²) in [5.41, 5.74) is 2.84. The highest BCUT2D eigenvalue weighted by molar-refractivity contribution is 5.58. The van der Waals surface area contributed by atoms with Crippen molar-refractivity contribution in [3.8, 4) is 22.8 Å². The van der Waals surface area contributed by atoms with Crippen LogP contribution in [0.1, 0.15) is 18.4 Å². The molecule has 0 atom stereocenters. The molecule has 1 fully saturated rings. The van der Waals surface area contributed by atoms with Gasteiger partial charge < -0.3 is 9.47 Å². The first-order valence-corrected chi connectivity index (χ1v) is 8.97. The summed E-state index contributed by atoms with van der Waals surface area (Å²) in [5, 5.41) is 4.59. The van der Waals surface area contributed by atoms with Crippen LogP contribution in [0.25, 0.3) is 11.3 Å². The first-order valence-electron chi connectivity index (χ1n) is 8.97. The van der Waals surface area contributed by atoms with Crippen LogP contribution in [0.4, 0.5) is 8.78 Å². The molecular formula is C21H20F2N2O2. The zero-order valence-corrected chi connectivity index (χ0v) is 14.7. The van der Waals surface area contributed by atoms with Gasteiger partial charge in [0.05, 0.1) is 18.8 Å². The topological polar surface area (TPSA) is 36.3 Å². The Labute approximate surface area is 156 Å². The minimum atomic E-state index is -2.88. The molecular weight excluding hydrogens is 350 g/mol. The van der Waals surface area contributed by atoms with Crippen LogP contribution in [-0.2, 0) is 6.54 Å². The molecule has 27 heavy (non-hydrogen) atoms. The third kappa shape index (κ3) is 4.64. The fourth-order valence-electron chi connectivity index (χ4n) is 2.85. The zero-order valence-electron chi connectivity index (χ0n) is 14.7. The van der Waals surface area contributed by atoms with Crippen molar-refractivity contribution in [3.05, 3.63) is 66.4 Å². The van der Waals surface area contributed by atoms with Gasteiger partial charge in [0.2, 0.25) is 0 Å². The molecule has 0 amide bonds. The van der Waals surface area contributed by atoms with Gasteiger partial charge in [-0.15, -0.1) is 0 Å². The number of rotatable bonds is 8. The molecule has 140 valence electrons. The number of hydrogen-bond acceptors (Lipinski definition) is 3. The lowest BCUT2D eigenvalue weighted by molar-refractivity contribution is -0.0515. The Balaban J connectivity index is 1.51. The van der Waals surface area contributed by atoms with E-state index in [0.717, 1.165) is 29.7 Å². The van der Waals surface area contributed by atoms with E-state index in [0.29, 0.717) is 24.8 Å². The number of aromatic nitrogens is 2. The second-order valence-corrected chi connectivity index (χ2v) is 6.68. The fourth-order valence-corrected chi connectivity index (χ4v) is 2.85. The lowest BCUT2D eigenvalue weighted by atomic mass is 10.2. The number of halogens is 2. The second-order valence-electron chi connectivity index (χ2n) is 6.68. The van der Waals surface area contributed by atoms with Crippen LogP contribution >= 0.6 is 0 Å². The van der Waals surface area contributed by atoms with E-state index in [1.165, 1.54) is 6.07 Å². The van der Waals surface area contributed by atoms with Gasteiger partial charge in [0, 0.05) is 11.8 Å². The minimum Gasteiger partial charge on any atom is -0.489 e. The molecule has 1 aliphatic rings. The van der Waals surface area contributed by atoms with E-state index < -0.39 is 6.61 Å². The lowest BCUT2D eigenvalue weighted by Gasteiger charge is -2.13. The number of benzene rings is 2. The average molecular weight is 370 g/mol. The molecule has 1 aliphatic carbocycles. The predicted octanol–water partition coefficient (Wildman–Crippen LogP) is 4.99. The van der Waals surface area contributed by atoms with Gasteiger partial charge in [0.25, 0.3) is 0 Å². The van der Waals surface area contributed by atoms with Gasteiger partial charge in [-0.2, -0.15) is 13.9 Å². The molecule has 2 aromatic carbocycles. The van der Waals surface area contributed by atoms with E-state index in [2.05, 4.69) is 9.84 Å². The number of nitrogens with zero attached hydrogens (tertiary/aromatic N) is 2. The van der Waals surface area contributed by atoms with Crippen molar-refractivity contribution in [2.75, 3.05) is 6.61 Å². The highest BCUT2D eigenvalue weighted by Crippen LogP contribution is 2.34. The largest absolute Gasteiger partial charge is 0.489 e.